The summed E-state index contributed by atoms with van der Waals surface area (Å²) in [5, 5.41) is 13.9. The van der Waals surface area contributed by atoms with E-state index in [0.29, 0.717) is 17.3 Å². The number of fused-ring (bicyclic) bond motifs is 1. The molecule has 1 N–H and O–H groups in total. The number of esters is 1. The van der Waals surface area contributed by atoms with Crippen LogP contribution in [0, 0.1) is 0 Å². The third kappa shape index (κ3) is 4.64. The Hall–Kier alpha value is -2.74. The molecule has 0 saturated heterocycles. The maximum Gasteiger partial charge on any atom is 0.359 e. The number of hydrogen-bond donors (Lipinski definition) is 1. The number of amides is 1. The maximum atomic E-state index is 12.7. The molecule has 0 atom stereocenters. The molecule has 2 aromatic rings. The Kier molecular flexibility index (Phi) is 6.98. The van der Waals surface area contributed by atoms with E-state index in [2.05, 4.69) is 5.10 Å². The number of likely N-dealkylation sites (N-methyl/N-ethyl adjacent to an activating group) is 1. The second-order valence-corrected chi connectivity index (χ2v) is 7.19. The molecule has 1 aromatic heterocycles. The van der Waals surface area contributed by atoms with Gasteiger partial charge in [-0.1, -0.05) is 37.5 Å². The average Bonchev–Trinajstić information content (AvgIpc) is 2.75. The number of nitrogens with zero attached hydrogens (tertiary/aromatic N) is 3. The SMILES string of the molecule is CCN(C(=O)COC(=O)c1nn(CCO)c(=O)c2ccccc12)C1CCCCC1. The number of aliphatic hydroxyl groups is 1. The number of ether oxygens (including phenoxy) is 1. The first kappa shape index (κ1) is 21.0. The van der Waals surface area contributed by atoms with E-state index in [9.17, 15) is 14.4 Å². The van der Waals surface area contributed by atoms with Gasteiger partial charge in [-0.25, -0.2) is 9.48 Å². The molecule has 0 unspecified atom stereocenters. The molecule has 1 fully saturated rings. The van der Waals surface area contributed by atoms with Crippen molar-refractivity contribution in [1.82, 2.24) is 14.7 Å². The molecule has 0 bridgehead atoms. The van der Waals surface area contributed by atoms with Crippen molar-refractivity contribution in [2.24, 2.45) is 0 Å². The summed E-state index contributed by atoms with van der Waals surface area (Å²) in [5.74, 6) is -0.985. The van der Waals surface area contributed by atoms with Crippen LogP contribution in [0.15, 0.2) is 29.1 Å². The fraction of sp³-hybridized carbons (Fsp3) is 0.524. The molecular weight excluding hydrogens is 374 g/mol. The first-order chi connectivity index (χ1) is 14.1. The molecule has 1 saturated carbocycles. The largest absolute Gasteiger partial charge is 0.451 e. The van der Waals surface area contributed by atoms with Crippen molar-refractivity contribution >= 4 is 22.6 Å². The van der Waals surface area contributed by atoms with Crippen molar-refractivity contribution in [2.45, 2.75) is 51.6 Å². The quantitative estimate of drug-likeness (QED) is 0.709. The first-order valence-corrected chi connectivity index (χ1v) is 10.1. The summed E-state index contributed by atoms with van der Waals surface area (Å²) >= 11 is 0. The first-order valence-electron chi connectivity index (χ1n) is 10.1. The summed E-state index contributed by atoms with van der Waals surface area (Å²) in [6, 6.07) is 6.80. The molecule has 1 amide bonds. The van der Waals surface area contributed by atoms with Crippen LogP contribution < -0.4 is 5.56 Å². The maximum absolute atomic E-state index is 12.7. The normalized spacial score (nSPS) is 14.7. The summed E-state index contributed by atoms with van der Waals surface area (Å²) < 4.78 is 6.32. The highest BCUT2D eigenvalue weighted by Gasteiger charge is 2.26. The van der Waals surface area contributed by atoms with Gasteiger partial charge < -0.3 is 14.7 Å². The van der Waals surface area contributed by atoms with Gasteiger partial charge >= 0.3 is 5.97 Å². The van der Waals surface area contributed by atoms with Gasteiger partial charge in [0.25, 0.3) is 11.5 Å². The molecule has 8 heteroatoms. The average molecular weight is 401 g/mol. The lowest BCUT2D eigenvalue weighted by molar-refractivity contribution is -0.137. The molecule has 0 radical (unpaired) electrons. The molecule has 1 aromatic carbocycles. The van der Waals surface area contributed by atoms with Crippen LogP contribution in [0.4, 0.5) is 0 Å². The van der Waals surface area contributed by atoms with Gasteiger partial charge in [-0.15, -0.1) is 0 Å². The second kappa shape index (κ2) is 9.65. The minimum Gasteiger partial charge on any atom is -0.451 e. The van der Waals surface area contributed by atoms with Crippen LogP contribution in [0.1, 0.15) is 49.5 Å². The minimum atomic E-state index is -0.763. The monoisotopic (exact) mass is 401 g/mol. The number of carbonyl (C=O) groups is 2. The van der Waals surface area contributed by atoms with Crippen molar-refractivity contribution in [2.75, 3.05) is 19.8 Å². The summed E-state index contributed by atoms with van der Waals surface area (Å²) in [6.07, 6.45) is 5.37. The summed E-state index contributed by atoms with van der Waals surface area (Å²) in [4.78, 5) is 39.5. The molecule has 0 spiro atoms. The molecular formula is C21H27N3O5. The lowest BCUT2D eigenvalue weighted by atomic mass is 9.94. The van der Waals surface area contributed by atoms with Crippen molar-refractivity contribution in [3.05, 3.63) is 40.3 Å². The van der Waals surface area contributed by atoms with Crippen molar-refractivity contribution in [3.63, 3.8) is 0 Å². The van der Waals surface area contributed by atoms with Crippen LogP contribution in [0.5, 0.6) is 0 Å². The number of benzene rings is 1. The minimum absolute atomic E-state index is 0.0336. The van der Waals surface area contributed by atoms with Gasteiger partial charge in [0.15, 0.2) is 12.3 Å². The predicted molar refractivity (Wildman–Crippen MR) is 108 cm³/mol. The molecule has 1 aliphatic carbocycles. The van der Waals surface area contributed by atoms with E-state index in [1.165, 1.54) is 6.42 Å². The molecule has 8 nitrogen and oxygen atoms in total. The van der Waals surface area contributed by atoms with Crippen LogP contribution in [0.3, 0.4) is 0 Å². The fourth-order valence-electron chi connectivity index (χ4n) is 3.94. The van der Waals surface area contributed by atoms with Gasteiger partial charge in [-0.05, 0) is 25.8 Å². The van der Waals surface area contributed by atoms with Gasteiger partial charge in [-0.2, -0.15) is 5.10 Å². The van der Waals surface area contributed by atoms with E-state index in [1.54, 1.807) is 29.2 Å². The van der Waals surface area contributed by atoms with Crippen LogP contribution >= 0.6 is 0 Å². The summed E-state index contributed by atoms with van der Waals surface area (Å²) in [6.45, 7) is 1.81. The van der Waals surface area contributed by atoms with E-state index in [1.807, 2.05) is 6.92 Å². The van der Waals surface area contributed by atoms with Gasteiger partial charge in [0.2, 0.25) is 0 Å². The smallest absolute Gasteiger partial charge is 0.359 e. The highest BCUT2D eigenvalue weighted by atomic mass is 16.5. The number of aliphatic hydroxyl groups excluding tert-OH is 1. The van der Waals surface area contributed by atoms with Crippen molar-refractivity contribution in [3.8, 4) is 0 Å². The Morgan fingerprint density at radius 3 is 2.55 bits per heavy atom. The Labute approximate surface area is 169 Å². The van der Waals surface area contributed by atoms with Crippen LogP contribution in [-0.2, 0) is 16.1 Å². The number of aromatic nitrogens is 2. The number of carbonyl (C=O) groups excluding carboxylic acids is 2. The van der Waals surface area contributed by atoms with E-state index in [-0.39, 0.29) is 37.4 Å². The third-order valence-corrected chi connectivity index (χ3v) is 5.38. The lowest BCUT2D eigenvalue weighted by Gasteiger charge is -2.33. The highest BCUT2D eigenvalue weighted by Crippen LogP contribution is 2.22. The van der Waals surface area contributed by atoms with Crippen molar-refractivity contribution in [1.29, 1.82) is 0 Å². The number of hydrogen-bond acceptors (Lipinski definition) is 6. The molecule has 0 aliphatic heterocycles. The Balaban J connectivity index is 1.78. The Morgan fingerprint density at radius 2 is 1.90 bits per heavy atom. The molecule has 1 aliphatic rings. The Morgan fingerprint density at radius 1 is 1.21 bits per heavy atom. The molecule has 1 heterocycles. The van der Waals surface area contributed by atoms with Gasteiger partial charge in [0.05, 0.1) is 18.5 Å². The summed E-state index contributed by atoms with van der Waals surface area (Å²) in [7, 11) is 0. The molecule has 29 heavy (non-hydrogen) atoms. The molecule has 3 rings (SSSR count). The van der Waals surface area contributed by atoms with E-state index in [4.69, 9.17) is 9.84 Å². The van der Waals surface area contributed by atoms with Crippen LogP contribution in [-0.4, -0.2) is 57.5 Å². The van der Waals surface area contributed by atoms with Crippen LogP contribution in [0.2, 0.25) is 0 Å². The zero-order chi connectivity index (χ0) is 20.8. The van der Waals surface area contributed by atoms with Gasteiger partial charge in [0.1, 0.15) is 0 Å². The zero-order valence-corrected chi connectivity index (χ0v) is 16.7. The van der Waals surface area contributed by atoms with Gasteiger partial charge in [0, 0.05) is 18.0 Å². The number of rotatable bonds is 7. The topological polar surface area (TPSA) is 102 Å². The summed E-state index contributed by atoms with van der Waals surface area (Å²) in [5.41, 5.74) is -0.432. The standard InChI is InChI=1S/C21H27N3O5/c1-2-23(15-8-4-3-5-9-15)18(26)14-29-21(28)19-16-10-6-7-11-17(16)20(27)24(22-19)12-13-25/h6-7,10-11,15,25H,2-5,8-9,12-14H2,1H3. The van der Waals surface area contributed by atoms with E-state index >= 15 is 0 Å². The Bertz CT molecular complexity index is 934. The van der Waals surface area contributed by atoms with Gasteiger partial charge in [-0.3, -0.25) is 9.59 Å². The zero-order valence-electron chi connectivity index (χ0n) is 16.7. The predicted octanol–water partition coefficient (Wildman–Crippen LogP) is 1.73. The van der Waals surface area contributed by atoms with E-state index < -0.39 is 11.5 Å². The second-order valence-electron chi connectivity index (χ2n) is 7.19. The van der Waals surface area contributed by atoms with Crippen LogP contribution in [0.25, 0.3) is 10.8 Å². The van der Waals surface area contributed by atoms with E-state index in [0.717, 1.165) is 30.4 Å². The van der Waals surface area contributed by atoms with Crippen molar-refractivity contribution < 1.29 is 19.4 Å². The molecule has 156 valence electrons. The highest BCUT2D eigenvalue weighted by molar-refractivity contribution is 6.02. The lowest BCUT2D eigenvalue weighted by Crippen LogP contribution is -2.43. The fourth-order valence-corrected chi connectivity index (χ4v) is 3.94. The third-order valence-electron chi connectivity index (χ3n) is 5.38.